The maximum atomic E-state index is 13.9. The van der Waals surface area contributed by atoms with Crippen molar-refractivity contribution >= 4 is 11.5 Å². The smallest absolute Gasteiger partial charge is 0.274 e. The van der Waals surface area contributed by atoms with Crippen LogP contribution in [-0.4, -0.2) is 15.6 Å². The summed E-state index contributed by atoms with van der Waals surface area (Å²) < 4.78 is 33.6. The van der Waals surface area contributed by atoms with E-state index in [0.717, 1.165) is 18.7 Å². The van der Waals surface area contributed by atoms with Gasteiger partial charge in [0.05, 0.1) is 18.4 Å². The van der Waals surface area contributed by atoms with E-state index in [-0.39, 0.29) is 35.1 Å². The minimum absolute atomic E-state index is 0.0298. The van der Waals surface area contributed by atoms with Gasteiger partial charge in [0, 0.05) is 12.5 Å². The minimum atomic E-state index is -0.726. The van der Waals surface area contributed by atoms with Gasteiger partial charge in [-0.15, -0.1) is 5.10 Å². The fraction of sp³-hybridized carbons (Fsp3) is 0.412. The van der Waals surface area contributed by atoms with Gasteiger partial charge in [-0.1, -0.05) is 20.8 Å². The Labute approximate surface area is 139 Å². The molecular weight excluding hydrogens is 316 g/mol. The molecule has 0 saturated carbocycles. The monoisotopic (exact) mass is 337 g/mol. The summed E-state index contributed by atoms with van der Waals surface area (Å²) in [5.74, 6) is -1.68. The van der Waals surface area contributed by atoms with E-state index in [4.69, 9.17) is 10.5 Å². The fourth-order valence-electron chi connectivity index (χ4n) is 1.99. The quantitative estimate of drug-likeness (QED) is 0.811. The van der Waals surface area contributed by atoms with Crippen LogP contribution in [0.25, 0.3) is 0 Å². The highest BCUT2D eigenvalue weighted by Crippen LogP contribution is 2.25. The van der Waals surface area contributed by atoms with Gasteiger partial charge in [0.15, 0.2) is 5.78 Å². The third-order valence-corrected chi connectivity index (χ3v) is 3.36. The van der Waals surface area contributed by atoms with Gasteiger partial charge in [-0.05, 0) is 24.0 Å². The molecule has 0 radical (unpaired) electrons. The first kappa shape index (κ1) is 17.9. The van der Waals surface area contributed by atoms with Gasteiger partial charge in [0.2, 0.25) is 5.82 Å². The van der Waals surface area contributed by atoms with Crippen LogP contribution >= 0.6 is 0 Å². The van der Waals surface area contributed by atoms with Gasteiger partial charge in [-0.25, -0.2) is 4.39 Å². The molecule has 0 unspecified atom stereocenters. The summed E-state index contributed by atoms with van der Waals surface area (Å²) in [5.41, 5.74) is 5.39. The lowest BCUT2D eigenvalue weighted by Gasteiger charge is -2.16. The van der Waals surface area contributed by atoms with E-state index < -0.39 is 11.6 Å². The Hall–Kier alpha value is -2.44. The molecule has 2 aromatic rings. The second kappa shape index (κ2) is 6.98. The number of anilines is 1. The SMILES string of the molecule is CC(C)(C)CCC(=O)Cn1cc(F)c(Oc2ccc(N)c(F)c2)n1. The van der Waals surface area contributed by atoms with E-state index in [2.05, 4.69) is 5.10 Å². The molecule has 2 rings (SSSR count). The molecule has 0 aliphatic heterocycles. The number of ether oxygens (including phenoxy) is 1. The van der Waals surface area contributed by atoms with E-state index >= 15 is 0 Å². The molecule has 1 heterocycles. The molecule has 2 N–H and O–H groups in total. The number of nitrogen functional groups attached to an aromatic ring is 1. The number of carbonyl (C=O) groups excluding carboxylic acids is 1. The second-order valence-corrected chi connectivity index (χ2v) is 6.86. The third kappa shape index (κ3) is 5.04. The van der Waals surface area contributed by atoms with Crippen LogP contribution in [0.15, 0.2) is 24.4 Å². The van der Waals surface area contributed by atoms with Gasteiger partial charge < -0.3 is 10.5 Å². The van der Waals surface area contributed by atoms with Crippen molar-refractivity contribution in [1.29, 1.82) is 0 Å². The van der Waals surface area contributed by atoms with Gasteiger partial charge in [0.1, 0.15) is 11.6 Å². The van der Waals surface area contributed by atoms with Gasteiger partial charge in [-0.2, -0.15) is 4.39 Å². The summed E-state index contributed by atoms with van der Waals surface area (Å²) in [6.07, 6.45) is 2.21. The largest absolute Gasteiger partial charge is 0.435 e. The van der Waals surface area contributed by atoms with Gasteiger partial charge in [-0.3, -0.25) is 9.48 Å². The summed E-state index contributed by atoms with van der Waals surface area (Å²) in [5, 5.41) is 3.89. The maximum absolute atomic E-state index is 13.9. The first-order chi connectivity index (χ1) is 11.1. The second-order valence-electron chi connectivity index (χ2n) is 6.86. The average molecular weight is 337 g/mol. The zero-order valence-electron chi connectivity index (χ0n) is 14.0. The molecule has 7 heteroatoms. The molecule has 0 aliphatic rings. The average Bonchev–Trinajstić information content (AvgIpc) is 2.80. The van der Waals surface area contributed by atoms with Crippen LogP contribution < -0.4 is 10.5 Å². The van der Waals surface area contributed by atoms with Crippen LogP contribution in [0, 0.1) is 17.0 Å². The molecule has 0 atom stereocenters. The maximum Gasteiger partial charge on any atom is 0.274 e. The summed E-state index contributed by atoms with van der Waals surface area (Å²) in [4.78, 5) is 11.9. The Morgan fingerprint density at radius 3 is 2.62 bits per heavy atom. The predicted molar refractivity (Wildman–Crippen MR) is 86.8 cm³/mol. The van der Waals surface area contributed by atoms with Crippen LogP contribution in [0.5, 0.6) is 11.6 Å². The zero-order valence-corrected chi connectivity index (χ0v) is 14.0. The highest BCUT2D eigenvalue weighted by Gasteiger charge is 2.16. The minimum Gasteiger partial charge on any atom is -0.435 e. The zero-order chi connectivity index (χ0) is 17.9. The van der Waals surface area contributed by atoms with E-state index in [1.807, 2.05) is 20.8 Å². The lowest BCUT2D eigenvalue weighted by molar-refractivity contribution is -0.120. The van der Waals surface area contributed by atoms with Crippen molar-refractivity contribution in [1.82, 2.24) is 9.78 Å². The van der Waals surface area contributed by atoms with E-state index in [0.29, 0.717) is 6.42 Å². The Kier molecular flexibility index (Phi) is 5.21. The number of rotatable bonds is 6. The Balaban J connectivity index is 2.01. The molecule has 0 bridgehead atoms. The first-order valence-corrected chi connectivity index (χ1v) is 7.61. The van der Waals surface area contributed by atoms with Crippen molar-refractivity contribution in [2.75, 3.05) is 5.73 Å². The molecule has 0 amide bonds. The summed E-state index contributed by atoms with van der Waals surface area (Å²) in [6.45, 7) is 6.11. The van der Waals surface area contributed by atoms with Crippen molar-refractivity contribution in [2.24, 2.45) is 5.41 Å². The number of nitrogens with two attached hydrogens (primary N) is 1. The molecule has 0 saturated heterocycles. The molecular formula is C17H21F2N3O2. The number of nitrogens with zero attached hydrogens (tertiary/aromatic N) is 2. The highest BCUT2D eigenvalue weighted by atomic mass is 19.1. The number of hydrogen-bond donors (Lipinski definition) is 1. The normalized spacial score (nSPS) is 11.5. The van der Waals surface area contributed by atoms with Crippen LogP contribution in [0.1, 0.15) is 33.6 Å². The first-order valence-electron chi connectivity index (χ1n) is 7.61. The van der Waals surface area contributed by atoms with Gasteiger partial charge >= 0.3 is 0 Å². The summed E-state index contributed by atoms with van der Waals surface area (Å²) in [6, 6.07) is 3.77. The number of halogens is 2. The van der Waals surface area contributed by atoms with Crippen LogP contribution in [-0.2, 0) is 11.3 Å². The van der Waals surface area contributed by atoms with E-state index in [1.54, 1.807) is 0 Å². The van der Waals surface area contributed by atoms with E-state index in [9.17, 15) is 13.6 Å². The number of benzene rings is 1. The summed E-state index contributed by atoms with van der Waals surface area (Å²) in [7, 11) is 0. The molecule has 0 aliphatic carbocycles. The molecule has 1 aromatic heterocycles. The predicted octanol–water partition coefficient (Wildman–Crippen LogP) is 3.93. The van der Waals surface area contributed by atoms with Crippen molar-refractivity contribution in [2.45, 2.75) is 40.2 Å². The molecule has 1 aromatic carbocycles. The Morgan fingerprint density at radius 1 is 1.29 bits per heavy atom. The van der Waals surface area contributed by atoms with Crippen LogP contribution in [0.4, 0.5) is 14.5 Å². The van der Waals surface area contributed by atoms with Crippen molar-refractivity contribution in [3.8, 4) is 11.6 Å². The highest BCUT2D eigenvalue weighted by molar-refractivity contribution is 5.78. The van der Waals surface area contributed by atoms with Crippen molar-refractivity contribution in [3.05, 3.63) is 36.0 Å². The number of ketones is 1. The lowest BCUT2D eigenvalue weighted by Crippen LogP contribution is -2.14. The topological polar surface area (TPSA) is 70.1 Å². The van der Waals surface area contributed by atoms with Crippen molar-refractivity contribution < 1.29 is 18.3 Å². The molecule has 130 valence electrons. The number of hydrogen-bond acceptors (Lipinski definition) is 4. The number of carbonyl (C=O) groups is 1. The molecule has 0 spiro atoms. The molecule has 24 heavy (non-hydrogen) atoms. The van der Waals surface area contributed by atoms with Crippen LogP contribution in [0.3, 0.4) is 0 Å². The third-order valence-electron chi connectivity index (χ3n) is 3.36. The summed E-state index contributed by atoms with van der Waals surface area (Å²) >= 11 is 0. The van der Waals surface area contributed by atoms with Crippen molar-refractivity contribution in [3.63, 3.8) is 0 Å². The molecule has 5 nitrogen and oxygen atoms in total. The van der Waals surface area contributed by atoms with Gasteiger partial charge in [0.25, 0.3) is 5.88 Å². The van der Waals surface area contributed by atoms with Crippen LogP contribution in [0.2, 0.25) is 0 Å². The molecule has 0 fully saturated rings. The standard InChI is InChI=1S/C17H21F2N3O2/c1-17(2,3)7-6-11(23)9-22-10-14(19)16(21-22)24-12-4-5-15(20)13(18)8-12/h4-5,8,10H,6-7,9,20H2,1-3H3. The Bertz CT molecular complexity index is 736. The number of Topliss-reactive ketones (excluding diaryl/α,β-unsaturated/α-hetero) is 1. The van der Waals surface area contributed by atoms with E-state index in [1.165, 1.54) is 16.8 Å². The fourth-order valence-corrected chi connectivity index (χ4v) is 1.99. The number of aromatic nitrogens is 2. The Morgan fingerprint density at radius 2 is 2.00 bits per heavy atom. The lowest BCUT2D eigenvalue weighted by atomic mass is 9.89.